The molecule has 0 spiro atoms. The molecule has 0 aliphatic carbocycles. The predicted molar refractivity (Wildman–Crippen MR) is 86.8 cm³/mol. The third kappa shape index (κ3) is 2.04. The van der Waals surface area contributed by atoms with Gasteiger partial charge in [0, 0.05) is 13.6 Å². The second-order valence-corrected chi connectivity index (χ2v) is 5.86. The highest BCUT2D eigenvalue weighted by molar-refractivity contribution is 5.87. The molecule has 1 atom stereocenters. The largest absolute Gasteiger partial charge is 0.349 e. The Morgan fingerprint density at radius 1 is 1.14 bits per heavy atom. The molecule has 0 radical (unpaired) electrons. The minimum Gasteiger partial charge on any atom is -0.349 e. The molecule has 2 aromatic heterocycles. The molecule has 22 heavy (non-hydrogen) atoms. The van der Waals surface area contributed by atoms with Crippen molar-refractivity contribution < 1.29 is 0 Å². The maximum absolute atomic E-state index is 4.73. The van der Waals surface area contributed by atoms with Crippen LogP contribution in [0.25, 0.3) is 11.0 Å². The van der Waals surface area contributed by atoms with Crippen molar-refractivity contribution in [2.45, 2.75) is 25.8 Å². The topological polar surface area (TPSA) is 46.8 Å². The van der Waals surface area contributed by atoms with E-state index in [0.29, 0.717) is 6.04 Å². The summed E-state index contributed by atoms with van der Waals surface area (Å²) in [6.45, 7) is 2.98. The lowest BCUT2D eigenvalue weighted by molar-refractivity contribution is 0.711. The van der Waals surface area contributed by atoms with Gasteiger partial charge in [-0.1, -0.05) is 30.3 Å². The van der Waals surface area contributed by atoms with E-state index in [1.165, 1.54) is 12.0 Å². The van der Waals surface area contributed by atoms with Crippen molar-refractivity contribution >= 4 is 16.9 Å². The van der Waals surface area contributed by atoms with Crippen molar-refractivity contribution in [1.29, 1.82) is 0 Å². The van der Waals surface area contributed by atoms with Crippen LogP contribution in [-0.4, -0.2) is 26.3 Å². The molecule has 1 aliphatic rings. The normalized spacial score (nSPS) is 18.3. The van der Waals surface area contributed by atoms with Gasteiger partial charge in [-0.25, -0.2) is 9.97 Å². The van der Waals surface area contributed by atoms with Crippen molar-refractivity contribution in [3.63, 3.8) is 0 Å². The van der Waals surface area contributed by atoms with Gasteiger partial charge in [0.15, 0.2) is 5.65 Å². The summed E-state index contributed by atoms with van der Waals surface area (Å²) < 4.78 is 1.82. The van der Waals surface area contributed by atoms with Gasteiger partial charge >= 0.3 is 0 Å². The Balaban J connectivity index is 1.84. The third-order valence-corrected chi connectivity index (χ3v) is 4.39. The zero-order chi connectivity index (χ0) is 15.1. The molecular formula is C17H19N5. The van der Waals surface area contributed by atoms with Crippen LogP contribution in [0.2, 0.25) is 0 Å². The molecule has 1 fully saturated rings. The first kappa shape index (κ1) is 13.2. The highest BCUT2D eigenvalue weighted by atomic mass is 15.3. The number of aryl methyl sites for hydroxylation is 2. The summed E-state index contributed by atoms with van der Waals surface area (Å²) in [7, 11) is 1.93. The van der Waals surface area contributed by atoms with E-state index in [-0.39, 0.29) is 0 Å². The molecule has 0 N–H and O–H groups in total. The molecule has 112 valence electrons. The zero-order valence-corrected chi connectivity index (χ0v) is 12.9. The number of benzene rings is 1. The fourth-order valence-electron chi connectivity index (χ4n) is 3.37. The Morgan fingerprint density at radius 2 is 1.95 bits per heavy atom. The number of hydrogen-bond acceptors (Lipinski definition) is 4. The molecule has 5 nitrogen and oxygen atoms in total. The van der Waals surface area contributed by atoms with Gasteiger partial charge in [-0.2, -0.15) is 5.10 Å². The number of nitrogens with zero attached hydrogens (tertiary/aromatic N) is 5. The molecular weight excluding hydrogens is 274 g/mol. The van der Waals surface area contributed by atoms with Crippen LogP contribution in [-0.2, 0) is 7.05 Å². The number of hydrogen-bond donors (Lipinski definition) is 0. The van der Waals surface area contributed by atoms with Gasteiger partial charge in [0.25, 0.3) is 0 Å². The van der Waals surface area contributed by atoms with Crippen molar-refractivity contribution in [2.24, 2.45) is 7.05 Å². The minimum absolute atomic E-state index is 0.388. The van der Waals surface area contributed by atoms with Crippen LogP contribution in [0.1, 0.15) is 30.3 Å². The van der Waals surface area contributed by atoms with Crippen LogP contribution in [0.15, 0.2) is 36.5 Å². The zero-order valence-electron chi connectivity index (χ0n) is 12.9. The fourth-order valence-corrected chi connectivity index (χ4v) is 3.37. The van der Waals surface area contributed by atoms with Gasteiger partial charge in [0.1, 0.15) is 11.6 Å². The number of aromatic nitrogens is 4. The summed E-state index contributed by atoms with van der Waals surface area (Å²) in [6.07, 6.45) is 4.23. The molecule has 0 bridgehead atoms. The van der Waals surface area contributed by atoms with Gasteiger partial charge in [0.2, 0.25) is 0 Å². The van der Waals surface area contributed by atoms with E-state index in [1.807, 2.05) is 24.9 Å². The Labute approximate surface area is 129 Å². The molecule has 0 amide bonds. The summed E-state index contributed by atoms with van der Waals surface area (Å²) >= 11 is 0. The SMILES string of the molecule is Cc1nc(N2CCC[C@H]2c2ccccc2)c2cnn(C)c2n1. The van der Waals surface area contributed by atoms with Crippen LogP contribution in [0.4, 0.5) is 5.82 Å². The van der Waals surface area contributed by atoms with Crippen LogP contribution >= 0.6 is 0 Å². The summed E-state index contributed by atoms with van der Waals surface area (Å²) in [5.41, 5.74) is 2.26. The fraction of sp³-hybridized carbons (Fsp3) is 0.353. The average Bonchev–Trinajstić information content (AvgIpc) is 3.15. The molecule has 1 aromatic carbocycles. The lowest BCUT2D eigenvalue weighted by atomic mass is 10.0. The highest BCUT2D eigenvalue weighted by Crippen LogP contribution is 2.37. The maximum atomic E-state index is 4.73. The van der Waals surface area contributed by atoms with E-state index in [2.05, 4.69) is 45.3 Å². The van der Waals surface area contributed by atoms with Gasteiger partial charge in [-0.15, -0.1) is 0 Å². The lowest BCUT2D eigenvalue weighted by Gasteiger charge is -2.26. The van der Waals surface area contributed by atoms with Crippen LogP contribution in [0.5, 0.6) is 0 Å². The lowest BCUT2D eigenvalue weighted by Crippen LogP contribution is -2.24. The molecule has 1 aliphatic heterocycles. The quantitative estimate of drug-likeness (QED) is 0.728. The first-order valence-electron chi connectivity index (χ1n) is 7.72. The molecule has 4 rings (SSSR count). The number of anilines is 1. The van der Waals surface area contributed by atoms with E-state index in [9.17, 15) is 0 Å². The van der Waals surface area contributed by atoms with Gasteiger partial charge in [-0.05, 0) is 25.3 Å². The Morgan fingerprint density at radius 3 is 2.77 bits per heavy atom. The Bertz CT molecular complexity index is 809. The van der Waals surface area contributed by atoms with E-state index < -0.39 is 0 Å². The highest BCUT2D eigenvalue weighted by Gasteiger charge is 2.29. The van der Waals surface area contributed by atoms with E-state index in [0.717, 1.165) is 35.6 Å². The van der Waals surface area contributed by atoms with E-state index >= 15 is 0 Å². The average molecular weight is 293 g/mol. The molecule has 0 unspecified atom stereocenters. The van der Waals surface area contributed by atoms with Crippen molar-refractivity contribution in [1.82, 2.24) is 19.7 Å². The first-order valence-corrected chi connectivity index (χ1v) is 7.72. The Kier molecular flexibility index (Phi) is 3.06. The van der Waals surface area contributed by atoms with Crippen LogP contribution in [0, 0.1) is 6.92 Å². The summed E-state index contributed by atoms with van der Waals surface area (Å²) in [5, 5.41) is 5.39. The molecule has 3 aromatic rings. The number of rotatable bonds is 2. The van der Waals surface area contributed by atoms with E-state index in [1.54, 1.807) is 0 Å². The molecule has 1 saturated heterocycles. The minimum atomic E-state index is 0.388. The summed E-state index contributed by atoms with van der Waals surface area (Å²) in [4.78, 5) is 11.7. The molecule has 5 heteroatoms. The van der Waals surface area contributed by atoms with Gasteiger partial charge in [-0.3, -0.25) is 4.68 Å². The monoisotopic (exact) mass is 293 g/mol. The van der Waals surface area contributed by atoms with Crippen LogP contribution < -0.4 is 4.90 Å². The van der Waals surface area contributed by atoms with E-state index in [4.69, 9.17) is 4.98 Å². The standard InChI is InChI=1S/C17H19N5/c1-12-19-16-14(11-18-21(16)2)17(20-12)22-10-6-9-15(22)13-7-4-3-5-8-13/h3-5,7-8,11,15H,6,9-10H2,1-2H3/t15-/m0/s1. The van der Waals surface area contributed by atoms with Crippen molar-refractivity contribution in [2.75, 3.05) is 11.4 Å². The Hall–Kier alpha value is -2.43. The van der Waals surface area contributed by atoms with Crippen molar-refractivity contribution in [3.05, 3.63) is 47.9 Å². The second-order valence-electron chi connectivity index (χ2n) is 5.86. The molecule has 3 heterocycles. The smallest absolute Gasteiger partial charge is 0.163 e. The second kappa shape index (κ2) is 5.09. The van der Waals surface area contributed by atoms with Crippen LogP contribution in [0.3, 0.4) is 0 Å². The maximum Gasteiger partial charge on any atom is 0.163 e. The molecule has 0 saturated carbocycles. The summed E-state index contributed by atoms with van der Waals surface area (Å²) in [5.74, 6) is 1.81. The van der Waals surface area contributed by atoms with Crippen molar-refractivity contribution in [3.8, 4) is 0 Å². The van der Waals surface area contributed by atoms with Gasteiger partial charge < -0.3 is 4.90 Å². The van der Waals surface area contributed by atoms with Gasteiger partial charge in [0.05, 0.1) is 17.6 Å². The predicted octanol–water partition coefficient (Wildman–Crippen LogP) is 3.01. The third-order valence-electron chi connectivity index (χ3n) is 4.39. The number of fused-ring (bicyclic) bond motifs is 1. The first-order chi connectivity index (χ1) is 10.7. The summed E-state index contributed by atoms with van der Waals surface area (Å²) in [6, 6.07) is 11.1.